The summed E-state index contributed by atoms with van der Waals surface area (Å²) < 4.78 is 1.45. The number of anilines is 2. The molecule has 0 aliphatic carbocycles. The molecule has 0 spiro atoms. The highest BCUT2D eigenvalue weighted by Gasteiger charge is 2.13. The minimum absolute atomic E-state index is 0.0122. The Labute approximate surface area is 186 Å². The first kappa shape index (κ1) is 22.5. The Hall–Kier alpha value is -4.20. The smallest absolute Gasteiger partial charge is 0.182 e. The molecule has 0 radical (unpaired) electrons. The third kappa shape index (κ3) is 5.69. The first-order valence-electron chi connectivity index (χ1n) is 10.1. The molecule has 8 nitrogen and oxygen atoms in total. The fourth-order valence-corrected chi connectivity index (χ4v) is 3.23. The standard InChI is InChI=1S/C24H26N6O2/c1-15(13-17(3)31)26-21-9-5-19(6-10-21)23-28-29-24(30(23)25)20-7-11-22(12-8-20)27-16(2)14-18(4)32/h5-14,26-27H,25H2,1-4H3/b15-13-,16-14-. The third-order valence-electron chi connectivity index (χ3n) is 4.50. The van der Waals surface area contributed by atoms with Crippen molar-refractivity contribution in [2.75, 3.05) is 16.5 Å². The van der Waals surface area contributed by atoms with Crippen molar-refractivity contribution in [3.63, 3.8) is 0 Å². The van der Waals surface area contributed by atoms with Crippen LogP contribution in [0, 0.1) is 0 Å². The largest absolute Gasteiger partial charge is 0.359 e. The number of allylic oxidation sites excluding steroid dienone is 4. The van der Waals surface area contributed by atoms with Crippen molar-refractivity contribution >= 4 is 22.9 Å². The van der Waals surface area contributed by atoms with Gasteiger partial charge in [-0.1, -0.05) is 0 Å². The Kier molecular flexibility index (Phi) is 6.84. The second-order valence-electron chi connectivity index (χ2n) is 7.50. The summed E-state index contributed by atoms with van der Waals surface area (Å²) in [6, 6.07) is 15.1. The maximum atomic E-state index is 11.2. The summed E-state index contributed by atoms with van der Waals surface area (Å²) in [7, 11) is 0. The number of nitrogens with two attached hydrogens (primary N) is 1. The van der Waals surface area contributed by atoms with Gasteiger partial charge in [-0.3, -0.25) is 9.59 Å². The van der Waals surface area contributed by atoms with E-state index in [2.05, 4.69) is 20.8 Å². The highest BCUT2D eigenvalue weighted by atomic mass is 16.1. The van der Waals surface area contributed by atoms with Gasteiger partial charge < -0.3 is 16.5 Å². The van der Waals surface area contributed by atoms with Crippen molar-refractivity contribution in [2.24, 2.45) is 0 Å². The summed E-state index contributed by atoms with van der Waals surface area (Å²) in [6.07, 6.45) is 3.08. The van der Waals surface area contributed by atoms with Crippen LogP contribution in [-0.4, -0.2) is 26.4 Å². The molecule has 164 valence electrons. The quantitative estimate of drug-likeness (QED) is 0.363. The molecule has 0 unspecified atom stereocenters. The van der Waals surface area contributed by atoms with Crippen LogP contribution >= 0.6 is 0 Å². The van der Waals surface area contributed by atoms with Crippen molar-refractivity contribution in [3.05, 3.63) is 72.1 Å². The van der Waals surface area contributed by atoms with E-state index in [1.165, 1.54) is 18.5 Å². The molecule has 2 aromatic carbocycles. The SMILES string of the molecule is CC(=O)/C=C(/C)Nc1ccc(-c2nnc(-c3ccc(N/C(C)=C\C(C)=O)cc3)n2N)cc1. The number of carbonyl (C=O) groups excluding carboxylic acids is 2. The first-order valence-corrected chi connectivity index (χ1v) is 10.1. The molecule has 0 fully saturated rings. The van der Waals surface area contributed by atoms with Gasteiger partial charge in [0.25, 0.3) is 0 Å². The van der Waals surface area contributed by atoms with E-state index in [1.54, 1.807) is 12.2 Å². The minimum Gasteiger partial charge on any atom is -0.359 e. The van der Waals surface area contributed by atoms with Gasteiger partial charge >= 0.3 is 0 Å². The van der Waals surface area contributed by atoms with Gasteiger partial charge in [-0.05, 0) is 88.4 Å². The summed E-state index contributed by atoms with van der Waals surface area (Å²) in [5.41, 5.74) is 4.86. The summed E-state index contributed by atoms with van der Waals surface area (Å²) in [4.78, 5) is 22.4. The number of hydrogen-bond acceptors (Lipinski definition) is 7. The zero-order chi connectivity index (χ0) is 23.3. The van der Waals surface area contributed by atoms with Gasteiger partial charge in [0, 0.05) is 33.9 Å². The number of nitrogens with zero attached hydrogens (tertiary/aromatic N) is 3. The van der Waals surface area contributed by atoms with E-state index < -0.39 is 0 Å². The Balaban J connectivity index is 1.77. The molecule has 3 aromatic rings. The van der Waals surface area contributed by atoms with E-state index in [0.717, 1.165) is 33.9 Å². The molecule has 0 saturated carbocycles. The second kappa shape index (κ2) is 9.74. The lowest BCUT2D eigenvalue weighted by Gasteiger charge is -2.09. The highest BCUT2D eigenvalue weighted by Crippen LogP contribution is 2.25. The van der Waals surface area contributed by atoms with Crippen LogP contribution in [0.25, 0.3) is 22.8 Å². The molecule has 1 heterocycles. The number of carbonyl (C=O) groups is 2. The molecule has 3 rings (SSSR count). The molecule has 8 heteroatoms. The number of hydrogen-bond donors (Lipinski definition) is 3. The van der Waals surface area contributed by atoms with E-state index >= 15 is 0 Å². The van der Waals surface area contributed by atoms with Gasteiger partial charge in [0.15, 0.2) is 23.2 Å². The summed E-state index contributed by atoms with van der Waals surface area (Å²) in [6.45, 7) is 6.69. The number of rotatable bonds is 8. The van der Waals surface area contributed by atoms with Crippen LogP contribution in [0.5, 0.6) is 0 Å². The maximum Gasteiger partial charge on any atom is 0.182 e. The second-order valence-corrected chi connectivity index (χ2v) is 7.50. The number of aromatic nitrogens is 3. The molecule has 0 aliphatic heterocycles. The fourth-order valence-electron chi connectivity index (χ4n) is 3.23. The summed E-state index contributed by atoms with van der Waals surface area (Å²) >= 11 is 0. The number of ketones is 2. The van der Waals surface area contributed by atoms with Crippen molar-refractivity contribution < 1.29 is 9.59 Å². The monoisotopic (exact) mass is 430 g/mol. The lowest BCUT2D eigenvalue weighted by Crippen LogP contribution is -2.12. The van der Waals surface area contributed by atoms with E-state index in [4.69, 9.17) is 5.84 Å². The zero-order valence-corrected chi connectivity index (χ0v) is 18.5. The Morgan fingerprint density at radius 3 is 1.38 bits per heavy atom. The van der Waals surface area contributed by atoms with E-state index in [0.29, 0.717) is 11.6 Å². The predicted molar refractivity (Wildman–Crippen MR) is 127 cm³/mol. The molecule has 0 saturated heterocycles. The van der Waals surface area contributed by atoms with Crippen molar-refractivity contribution in [1.82, 2.24) is 14.9 Å². The molecule has 0 aliphatic rings. The van der Waals surface area contributed by atoms with E-state index in [-0.39, 0.29) is 11.6 Å². The number of nitrogens with one attached hydrogen (secondary N) is 2. The number of benzene rings is 2. The Morgan fingerprint density at radius 1 is 0.719 bits per heavy atom. The molecule has 0 bridgehead atoms. The van der Waals surface area contributed by atoms with Gasteiger partial charge in [-0.15, -0.1) is 10.2 Å². The molecular weight excluding hydrogens is 404 g/mol. The van der Waals surface area contributed by atoms with Crippen molar-refractivity contribution in [3.8, 4) is 22.8 Å². The first-order chi connectivity index (χ1) is 15.2. The van der Waals surface area contributed by atoms with Crippen LogP contribution in [-0.2, 0) is 9.59 Å². The van der Waals surface area contributed by atoms with Crippen LogP contribution in [0.2, 0.25) is 0 Å². The highest BCUT2D eigenvalue weighted by molar-refractivity contribution is 5.88. The van der Waals surface area contributed by atoms with Crippen LogP contribution in [0.1, 0.15) is 27.7 Å². The van der Waals surface area contributed by atoms with Gasteiger partial charge in [-0.25, -0.2) is 4.68 Å². The predicted octanol–water partition coefficient (Wildman–Crippen LogP) is 4.14. The molecule has 0 amide bonds. The van der Waals surface area contributed by atoms with E-state index in [9.17, 15) is 9.59 Å². The van der Waals surface area contributed by atoms with Crippen molar-refractivity contribution in [2.45, 2.75) is 27.7 Å². The topological polar surface area (TPSA) is 115 Å². The Morgan fingerprint density at radius 2 is 1.06 bits per heavy atom. The molecule has 32 heavy (non-hydrogen) atoms. The van der Waals surface area contributed by atoms with Gasteiger partial charge in [0.05, 0.1) is 0 Å². The average Bonchev–Trinajstić information content (AvgIpc) is 3.09. The zero-order valence-electron chi connectivity index (χ0n) is 18.5. The average molecular weight is 431 g/mol. The van der Waals surface area contributed by atoms with Crippen molar-refractivity contribution in [1.29, 1.82) is 0 Å². The molecular formula is C24H26N6O2. The number of nitrogen functional groups attached to an aromatic ring is 1. The van der Waals surface area contributed by atoms with Crippen LogP contribution in [0.4, 0.5) is 11.4 Å². The van der Waals surface area contributed by atoms with Gasteiger partial charge in [-0.2, -0.15) is 0 Å². The van der Waals surface area contributed by atoms with Gasteiger partial charge in [0.1, 0.15) is 0 Å². The van der Waals surface area contributed by atoms with Crippen LogP contribution in [0.3, 0.4) is 0 Å². The normalized spacial score (nSPS) is 11.9. The van der Waals surface area contributed by atoms with E-state index in [1.807, 2.05) is 62.4 Å². The molecule has 1 aromatic heterocycles. The summed E-state index contributed by atoms with van der Waals surface area (Å²) in [5.74, 6) is 7.32. The summed E-state index contributed by atoms with van der Waals surface area (Å²) in [5, 5.41) is 14.8. The van der Waals surface area contributed by atoms with Gasteiger partial charge in [0.2, 0.25) is 0 Å². The third-order valence-corrected chi connectivity index (χ3v) is 4.50. The maximum absolute atomic E-state index is 11.2. The minimum atomic E-state index is -0.0122. The van der Waals surface area contributed by atoms with Crippen LogP contribution < -0.4 is 16.5 Å². The molecule has 0 atom stereocenters. The fraction of sp³-hybridized carbons (Fsp3) is 0.167. The molecule has 4 N–H and O–H groups in total. The Bertz CT molecular complexity index is 1100. The van der Waals surface area contributed by atoms with Crippen LogP contribution in [0.15, 0.2) is 72.1 Å². The lowest BCUT2D eigenvalue weighted by molar-refractivity contribution is -0.113. The lowest BCUT2D eigenvalue weighted by atomic mass is 10.1.